The third kappa shape index (κ3) is 5.58. The van der Waals surface area contributed by atoms with E-state index >= 15 is 0 Å². The number of nitrogens with two attached hydrogens (primary N) is 1. The van der Waals surface area contributed by atoms with Gasteiger partial charge < -0.3 is 25.6 Å². The number of carbonyl (C=O) groups excluding carboxylic acids is 1. The van der Waals surface area contributed by atoms with Crippen LogP contribution in [0.3, 0.4) is 0 Å². The Kier molecular flexibility index (Phi) is 7.14. The van der Waals surface area contributed by atoms with Gasteiger partial charge in [-0.1, -0.05) is 11.6 Å². The van der Waals surface area contributed by atoms with Crippen molar-refractivity contribution in [1.29, 1.82) is 0 Å². The van der Waals surface area contributed by atoms with Crippen LogP contribution in [0.1, 0.15) is 0 Å². The first kappa shape index (κ1) is 18.4. The molecule has 24 heavy (non-hydrogen) atoms. The molecule has 8 heteroatoms. The summed E-state index contributed by atoms with van der Waals surface area (Å²) < 4.78 is 4.91. The van der Waals surface area contributed by atoms with E-state index in [1.807, 2.05) is 29.2 Å². The molecule has 0 unspecified atom stereocenters. The van der Waals surface area contributed by atoms with Crippen molar-refractivity contribution < 1.29 is 9.53 Å². The maximum Gasteiger partial charge on any atom is 0.244 e. The molecule has 0 bridgehead atoms. The molecule has 0 aromatic heterocycles. The quantitative estimate of drug-likeness (QED) is 0.443. The number of nitrogens with one attached hydrogen (secondary N) is 1. The molecule has 3 N–H and O–H groups in total. The molecule has 7 nitrogen and oxygen atoms in total. The molecule has 1 aliphatic rings. The second-order valence-corrected chi connectivity index (χ2v) is 5.90. The number of benzene rings is 1. The van der Waals surface area contributed by atoms with E-state index in [1.54, 1.807) is 7.11 Å². The Bertz CT molecular complexity index is 556. The monoisotopic (exact) mass is 353 g/mol. The zero-order valence-electron chi connectivity index (χ0n) is 13.9. The van der Waals surface area contributed by atoms with Crippen LogP contribution in [0.5, 0.6) is 0 Å². The maximum absolute atomic E-state index is 12.2. The minimum absolute atomic E-state index is 0.0118. The molecule has 0 atom stereocenters. The van der Waals surface area contributed by atoms with Gasteiger partial charge in [0.15, 0.2) is 5.96 Å². The number of aliphatic imine (C=N–C) groups is 1. The molecule has 1 aromatic carbocycles. The second kappa shape index (κ2) is 9.34. The topological polar surface area (TPSA) is 83.2 Å². The molecular formula is C16H24ClN5O2. The van der Waals surface area contributed by atoms with E-state index < -0.39 is 0 Å². The minimum Gasteiger partial charge on any atom is -0.383 e. The highest BCUT2D eigenvalue weighted by atomic mass is 35.5. The molecular weight excluding hydrogens is 330 g/mol. The average Bonchev–Trinajstić information content (AvgIpc) is 2.61. The Morgan fingerprint density at radius 2 is 1.96 bits per heavy atom. The van der Waals surface area contributed by atoms with E-state index in [9.17, 15) is 4.79 Å². The number of hydrogen-bond donors (Lipinski definition) is 2. The predicted molar refractivity (Wildman–Crippen MR) is 96.6 cm³/mol. The summed E-state index contributed by atoms with van der Waals surface area (Å²) in [6.07, 6.45) is 0. The Morgan fingerprint density at radius 1 is 1.29 bits per heavy atom. The van der Waals surface area contributed by atoms with Crippen molar-refractivity contribution in [2.45, 2.75) is 0 Å². The van der Waals surface area contributed by atoms with Crippen molar-refractivity contribution in [2.75, 3.05) is 57.9 Å². The van der Waals surface area contributed by atoms with Crippen LogP contribution < -0.4 is 16.0 Å². The van der Waals surface area contributed by atoms with Crippen LogP contribution in [0, 0.1) is 0 Å². The summed E-state index contributed by atoms with van der Waals surface area (Å²) in [5.74, 6) is 0.252. The van der Waals surface area contributed by atoms with Gasteiger partial charge in [0, 0.05) is 50.5 Å². The van der Waals surface area contributed by atoms with Gasteiger partial charge in [0.05, 0.1) is 6.61 Å². The average molecular weight is 354 g/mol. The molecule has 0 aliphatic carbocycles. The largest absolute Gasteiger partial charge is 0.383 e. The van der Waals surface area contributed by atoms with E-state index in [1.165, 1.54) is 0 Å². The highest BCUT2D eigenvalue weighted by Crippen LogP contribution is 2.19. The third-order valence-electron chi connectivity index (χ3n) is 3.82. The molecule has 1 aromatic rings. The van der Waals surface area contributed by atoms with Crippen molar-refractivity contribution >= 4 is 29.2 Å². The minimum atomic E-state index is -0.0118. The first-order chi connectivity index (χ1) is 11.6. The van der Waals surface area contributed by atoms with Crippen LogP contribution in [0.15, 0.2) is 29.3 Å². The summed E-state index contributed by atoms with van der Waals surface area (Å²) in [7, 11) is 1.61. The summed E-state index contributed by atoms with van der Waals surface area (Å²) in [5, 5.41) is 3.61. The summed E-state index contributed by atoms with van der Waals surface area (Å²) >= 11 is 5.91. The highest BCUT2D eigenvalue weighted by molar-refractivity contribution is 6.30. The second-order valence-electron chi connectivity index (χ2n) is 5.47. The third-order valence-corrected chi connectivity index (χ3v) is 4.07. The van der Waals surface area contributed by atoms with Crippen molar-refractivity contribution in [3.8, 4) is 0 Å². The number of carbonyl (C=O) groups is 1. The lowest BCUT2D eigenvalue weighted by atomic mass is 10.2. The Morgan fingerprint density at radius 3 is 2.58 bits per heavy atom. The van der Waals surface area contributed by atoms with Gasteiger partial charge in [-0.2, -0.15) is 0 Å². The van der Waals surface area contributed by atoms with Gasteiger partial charge in [0.25, 0.3) is 0 Å². The van der Waals surface area contributed by atoms with Gasteiger partial charge in [-0.3, -0.25) is 4.79 Å². The van der Waals surface area contributed by atoms with E-state index in [0.29, 0.717) is 26.2 Å². The molecule has 1 heterocycles. The normalized spacial score (nSPS) is 15.5. The number of nitrogens with zero attached hydrogens (tertiary/aromatic N) is 3. The molecule has 1 amide bonds. The Hall–Kier alpha value is -1.99. The lowest BCUT2D eigenvalue weighted by molar-refractivity contribution is -0.129. The SMILES string of the molecule is COCCNC(N)=NCC(=O)N1CCN(c2ccc(Cl)cc2)CC1. The van der Waals surface area contributed by atoms with Crippen LogP contribution in [0.2, 0.25) is 5.02 Å². The van der Waals surface area contributed by atoms with E-state index in [0.717, 1.165) is 23.8 Å². The van der Waals surface area contributed by atoms with Crippen molar-refractivity contribution in [2.24, 2.45) is 10.7 Å². The molecule has 2 rings (SSSR count). The smallest absolute Gasteiger partial charge is 0.244 e. The van der Waals surface area contributed by atoms with Gasteiger partial charge in [-0.25, -0.2) is 4.99 Å². The first-order valence-corrected chi connectivity index (χ1v) is 8.29. The van der Waals surface area contributed by atoms with Crippen LogP contribution in [0.4, 0.5) is 5.69 Å². The molecule has 0 saturated carbocycles. The molecule has 1 fully saturated rings. The lowest BCUT2D eigenvalue weighted by Crippen LogP contribution is -2.49. The summed E-state index contributed by atoms with van der Waals surface area (Å²) in [5.41, 5.74) is 6.82. The summed E-state index contributed by atoms with van der Waals surface area (Å²) in [6, 6.07) is 7.75. The van der Waals surface area contributed by atoms with Crippen LogP contribution in [-0.2, 0) is 9.53 Å². The molecule has 0 spiro atoms. The van der Waals surface area contributed by atoms with E-state index in [4.69, 9.17) is 22.1 Å². The number of rotatable bonds is 6. The fraction of sp³-hybridized carbons (Fsp3) is 0.500. The standard InChI is InChI=1S/C16H24ClN5O2/c1-24-11-6-19-16(18)20-12-15(23)22-9-7-21(8-10-22)14-4-2-13(17)3-5-14/h2-5H,6-12H2,1H3,(H3,18,19,20). The molecule has 0 radical (unpaired) electrons. The number of piperazine rings is 1. The van der Waals surface area contributed by atoms with Crippen molar-refractivity contribution in [1.82, 2.24) is 10.2 Å². The van der Waals surface area contributed by atoms with Crippen molar-refractivity contribution in [3.05, 3.63) is 29.3 Å². The number of halogens is 1. The number of amides is 1. The van der Waals surface area contributed by atoms with Crippen molar-refractivity contribution in [3.63, 3.8) is 0 Å². The lowest BCUT2D eigenvalue weighted by Gasteiger charge is -2.36. The van der Waals surface area contributed by atoms with Crippen LogP contribution >= 0.6 is 11.6 Å². The van der Waals surface area contributed by atoms with Crippen LogP contribution in [-0.4, -0.2) is 69.8 Å². The summed E-state index contributed by atoms with van der Waals surface area (Å²) in [4.78, 5) is 20.3. The number of anilines is 1. The fourth-order valence-corrected chi connectivity index (χ4v) is 2.58. The highest BCUT2D eigenvalue weighted by Gasteiger charge is 2.20. The Balaban J connectivity index is 1.76. The zero-order chi connectivity index (χ0) is 17.4. The maximum atomic E-state index is 12.2. The van der Waals surface area contributed by atoms with Gasteiger partial charge in [-0.15, -0.1) is 0 Å². The molecule has 1 saturated heterocycles. The number of ether oxygens (including phenoxy) is 1. The van der Waals surface area contributed by atoms with Gasteiger partial charge in [0.2, 0.25) is 5.91 Å². The van der Waals surface area contributed by atoms with E-state index in [-0.39, 0.29) is 18.4 Å². The first-order valence-electron chi connectivity index (χ1n) is 7.91. The van der Waals surface area contributed by atoms with Gasteiger partial charge >= 0.3 is 0 Å². The number of methoxy groups -OCH3 is 1. The zero-order valence-corrected chi connectivity index (χ0v) is 14.6. The summed E-state index contributed by atoms with van der Waals surface area (Å²) in [6.45, 7) is 4.10. The van der Waals surface area contributed by atoms with E-state index in [2.05, 4.69) is 15.2 Å². The predicted octanol–water partition coefficient (Wildman–Crippen LogP) is 0.539. The van der Waals surface area contributed by atoms with Gasteiger partial charge in [-0.05, 0) is 24.3 Å². The van der Waals surface area contributed by atoms with Crippen LogP contribution in [0.25, 0.3) is 0 Å². The van der Waals surface area contributed by atoms with Gasteiger partial charge in [0.1, 0.15) is 6.54 Å². The molecule has 1 aliphatic heterocycles. The molecule has 132 valence electrons. The Labute approximate surface area is 147 Å². The number of hydrogen-bond acceptors (Lipinski definition) is 4. The fourth-order valence-electron chi connectivity index (χ4n) is 2.46. The number of guanidine groups is 1.